The Bertz CT molecular complexity index is 874. The molecule has 120 valence electrons. The Hall–Kier alpha value is -2.23. The van der Waals surface area contributed by atoms with Crippen LogP contribution in [0.3, 0.4) is 0 Å². The molecular formula is C14H15N5O2S2. The summed E-state index contributed by atoms with van der Waals surface area (Å²) in [5.74, 6) is 0.544. The zero-order valence-electron chi connectivity index (χ0n) is 12.3. The van der Waals surface area contributed by atoms with Crippen LogP contribution in [-0.2, 0) is 10.0 Å². The highest BCUT2D eigenvalue weighted by molar-refractivity contribution is 7.89. The van der Waals surface area contributed by atoms with Gasteiger partial charge in [-0.2, -0.15) is 0 Å². The quantitative estimate of drug-likeness (QED) is 0.635. The Morgan fingerprint density at radius 1 is 1.35 bits per heavy atom. The average molecular weight is 349 g/mol. The maximum Gasteiger partial charge on any atom is 0.241 e. The maximum absolute atomic E-state index is 12.5. The number of benzene rings is 1. The summed E-state index contributed by atoms with van der Waals surface area (Å²) in [7, 11) is -3.61. The fraction of sp³-hybridized carbons (Fsp3) is 0.143. The first-order chi connectivity index (χ1) is 11.1. The van der Waals surface area contributed by atoms with Crippen molar-refractivity contribution in [2.75, 3.05) is 11.9 Å². The number of H-pyrrole nitrogens is 1. The summed E-state index contributed by atoms with van der Waals surface area (Å²) in [6.45, 7) is 2.06. The molecule has 9 heteroatoms. The molecule has 0 fully saturated rings. The highest BCUT2D eigenvalue weighted by atomic mass is 32.2. The number of imidazole rings is 1. The van der Waals surface area contributed by atoms with E-state index < -0.39 is 10.0 Å². The van der Waals surface area contributed by atoms with E-state index in [0.29, 0.717) is 23.7 Å². The minimum Gasteiger partial charge on any atom is -0.331 e. The molecule has 0 aliphatic heterocycles. The van der Waals surface area contributed by atoms with Gasteiger partial charge in [-0.15, -0.1) is 11.3 Å². The van der Waals surface area contributed by atoms with E-state index in [1.807, 2.05) is 6.07 Å². The molecule has 2 heterocycles. The van der Waals surface area contributed by atoms with Crippen molar-refractivity contribution in [3.8, 4) is 10.4 Å². The number of nitrogens with one attached hydrogen (secondary N) is 3. The number of aromatic amines is 1. The molecule has 0 bridgehead atoms. The van der Waals surface area contributed by atoms with Crippen LogP contribution in [-0.4, -0.2) is 29.9 Å². The molecule has 0 amide bonds. The van der Waals surface area contributed by atoms with Gasteiger partial charge in [0.25, 0.3) is 0 Å². The first-order valence-electron chi connectivity index (χ1n) is 6.89. The van der Waals surface area contributed by atoms with Crippen LogP contribution in [0.1, 0.15) is 6.92 Å². The molecule has 0 aliphatic rings. The van der Waals surface area contributed by atoms with E-state index in [2.05, 4.69) is 25.0 Å². The van der Waals surface area contributed by atoms with Crippen molar-refractivity contribution in [3.63, 3.8) is 0 Å². The van der Waals surface area contributed by atoms with Crippen LogP contribution >= 0.6 is 11.3 Å². The fourth-order valence-electron chi connectivity index (χ4n) is 2.11. The highest BCUT2D eigenvalue weighted by Gasteiger charge is 2.20. The number of aromatic nitrogens is 3. The van der Waals surface area contributed by atoms with E-state index in [1.165, 1.54) is 11.3 Å². The number of sulfonamides is 1. The third kappa shape index (κ3) is 3.41. The SMILES string of the molecule is CCNS(=O)(=O)c1cc(Nc2ncc[nH]2)ccc1-c1cncs1. The van der Waals surface area contributed by atoms with Crippen molar-refractivity contribution >= 4 is 33.0 Å². The third-order valence-corrected chi connectivity index (χ3v) is 5.46. The number of hydrogen-bond donors (Lipinski definition) is 3. The smallest absolute Gasteiger partial charge is 0.241 e. The summed E-state index contributed by atoms with van der Waals surface area (Å²) in [6, 6.07) is 5.17. The average Bonchev–Trinajstić information content (AvgIpc) is 3.20. The van der Waals surface area contributed by atoms with Gasteiger partial charge in [0, 0.05) is 36.4 Å². The van der Waals surface area contributed by atoms with Gasteiger partial charge in [-0.05, 0) is 12.1 Å². The van der Waals surface area contributed by atoms with Crippen LogP contribution in [0.4, 0.5) is 11.6 Å². The molecule has 23 heavy (non-hydrogen) atoms. The van der Waals surface area contributed by atoms with Gasteiger partial charge in [-0.3, -0.25) is 4.98 Å². The molecular weight excluding hydrogens is 334 g/mol. The monoisotopic (exact) mass is 349 g/mol. The molecule has 3 aromatic rings. The van der Waals surface area contributed by atoms with Crippen molar-refractivity contribution in [2.45, 2.75) is 11.8 Å². The Morgan fingerprint density at radius 3 is 2.87 bits per heavy atom. The normalized spacial score (nSPS) is 11.5. The largest absolute Gasteiger partial charge is 0.331 e. The first-order valence-corrected chi connectivity index (χ1v) is 9.25. The van der Waals surface area contributed by atoms with Gasteiger partial charge in [0.2, 0.25) is 16.0 Å². The van der Waals surface area contributed by atoms with Gasteiger partial charge in [0.15, 0.2) is 0 Å². The summed E-state index contributed by atoms with van der Waals surface area (Å²) in [6.07, 6.45) is 4.96. The van der Waals surface area contributed by atoms with E-state index in [0.717, 1.165) is 4.88 Å². The second-order valence-corrected chi connectivity index (χ2v) is 7.26. The minimum absolute atomic E-state index is 0.208. The second-order valence-electron chi connectivity index (χ2n) is 4.64. The number of hydrogen-bond acceptors (Lipinski definition) is 6. The van der Waals surface area contributed by atoms with Crippen LogP contribution in [0.25, 0.3) is 10.4 Å². The van der Waals surface area contributed by atoms with Gasteiger partial charge >= 0.3 is 0 Å². The zero-order valence-corrected chi connectivity index (χ0v) is 13.9. The molecule has 3 rings (SSSR count). The minimum atomic E-state index is -3.61. The fourth-order valence-corrected chi connectivity index (χ4v) is 4.12. The molecule has 0 saturated carbocycles. The Morgan fingerprint density at radius 2 is 2.22 bits per heavy atom. The molecule has 0 spiro atoms. The van der Waals surface area contributed by atoms with E-state index in [-0.39, 0.29) is 4.90 Å². The van der Waals surface area contributed by atoms with Gasteiger partial charge in [0.1, 0.15) is 0 Å². The number of thiazole rings is 1. The number of rotatable bonds is 6. The molecule has 0 aliphatic carbocycles. The molecule has 0 radical (unpaired) electrons. The summed E-state index contributed by atoms with van der Waals surface area (Å²) < 4.78 is 27.6. The lowest BCUT2D eigenvalue weighted by Crippen LogP contribution is -2.23. The van der Waals surface area contributed by atoms with Gasteiger partial charge in [-0.1, -0.05) is 13.0 Å². The van der Waals surface area contributed by atoms with Crippen molar-refractivity contribution in [1.29, 1.82) is 0 Å². The molecule has 2 aromatic heterocycles. The molecule has 0 unspecified atom stereocenters. The molecule has 1 aromatic carbocycles. The first kappa shape index (κ1) is 15.7. The van der Waals surface area contributed by atoms with Crippen molar-refractivity contribution in [3.05, 3.63) is 42.3 Å². The second kappa shape index (κ2) is 6.49. The van der Waals surface area contributed by atoms with Crippen LogP contribution in [0, 0.1) is 0 Å². The van der Waals surface area contributed by atoms with E-state index in [4.69, 9.17) is 0 Å². The maximum atomic E-state index is 12.5. The Balaban J connectivity index is 2.07. The standard InChI is InChI=1S/C14H15N5O2S2/c1-2-18-23(20,21)13-7-10(19-14-16-5-6-17-14)3-4-11(13)12-8-15-9-22-12/h3-9,18H,2H2,1H3,(H2,16,17,19). The van der Waals surface area contributed by atoms with Crippen molar-refractivity contribution in [1.82, 2.24) is 19.7 Å². The zero-order chi connectivity index (χ0) is 16.3. The van der Waals surface area contributed by atoms with Gasteiger partial charge < -0.3 is 10.3 Å². The van der Waals surface area contributed by atoms with E-state index in [1.54, 1.807) is 43.2 Å². The number of anilines is 2. The summed E-state index contributed by atoms with van der Waals surface area (Å²) >= 11 is 1.39. The van der Waals surface area contributed by atoms with Crippen molar-refractivity contribution < 1.29 is 8.42 Å². The van der Waals surface area contributed by atoms with Crippen LogP contribution in [0.2, 0.25) is 0 Å². The lowest BCUT2D eigenvalue weighted by Gasteiger charge is -2.12. The Labute approximate surface area is 137 Å². The summed E-state index contributed by atoms with van der Waals surface area (Å²) in [4.78, 5) is 12.0. The summed E-state index contributed by atoms with van der Waals surface area (Å²) in [5.41, 5.74) is 2.93. The molecule has 0 saturated heterocycles. The summed E-state index contributed by atoms with van der Waals surface area (Å²) in [5, 5.41) is 3.04. The van der Waals surface area contributed by atoms with E-state index in [9.17, 15) is 8.42 Å². The molecule has 3 N–H and O–H groups in total. The van der Waals surface area contributed by atoms with Gasteiger partial charge in [-0.25, -0.2) is 18.1 Å². The lowest BCUT2D eigenvalue weighted by atomic mass is 10.2. The third-order valence-electron chi connectivity index (χ3n) is 3.06. The highest BCUT2D eigenvalue weighted by Crippen LogP contribution is 2.32. The van der Waals surface area contributed by atoms with Crippen LogP contribution in [0.15, 0.2) is 47.2 Å². The molecule has 0 atom stereocenters. The van der Waals surface area contributed by atoms with Crippen LogP contribution in [0.5, 0.6) is 0 Å². The van der Waals surface area contributed by atoms with E-state index >= 15 is 0 Å². The van der Waals surface area contributed by atoms with Crippen molar-refractivity contribution in [2.24, 2.45) is 0 Å². The molecule has 7 nitrogen and oxygen atoms in total. The lowest BCUT2D eigenvalue weighted by molar-refractivity contribution is 0.584. The predicted octanol–water partition coefficient (Wildman–Crippen LogP) is 2.58. The predicted molar refractivity (Wildman–Crippen MR) is 90.3 cm³/mol. The van der Waals surface area contributed by atoms with Gasteiger partial charge in [0.05, 0.1) is 15.3 Å². The topological polar surface area (TPSA) is 99.8 Å². The Kier molecular flexibility index (Phi) is 4.42. The van der Waals surface area contributed by atoms with Crippen LogP contribution < -0.4 is 10.0 Å². The number of nitrogens with zero attached hydrogens (tertiary/aromatic N) is 2.